The molecular weight excluding hydrogens is 308 g/mol. The minimum atomic E-state index is -0.195. The zero-order valence-corrected chi connectivity index (χ0v) is 15.0. The Balaban J connectivity index is 2.16. The van der Waals surface area contributed by atoms with Gasteiger partial charge in [0.2, 0.25) is 5.95 Å². The molecule has 130 valence electrons. The maximum absolute atomic E-state index is 12.5. The van der Waals surface area contributed by atoms with Crippen LogP contribution in [0, 0.1) is 6.92 Å². The summed E-state index contributed by atoms with van der Waals surface area (Å²) in [6.07, 6.45) is 1.76. The van der Waals surface area contributed by atoms with E-state index in [2.05, 4.69) is 10.3 Å². The zero-order chi connectivity index (χ0) is 17.9. The Morgan fingerprint density at radius 2 is 1.83 bits per heavy atom. The molecule has 0 saturated heterocycles. The van der Waals surface area contributed by atoms with Crippen molar-refractivity contribution in [3.63, 3.8) is 0 Å². The highest BCUT2D eigenvalue weighted by atomic mass is 16.5. The molecule has 1 amide bonds. The van der Waals surface area contributed by atoms with Gasteiger partial charge >= 0.3 is 0 Å². The Morgan fingerprint density at radius 1 is 1.25 bits per heavy atom. The largest absolute Gasteiger partial charge is 0.496 e. The smallest absolute Gasteiger partial charge is 0.251 e. The lowest BCUT2D eigenvalue weighted by atomic mass is 10.1. The minimum absolute atomic E-state index is 0.195. The Bertz CT molecular complexity index is 712. The standard InChI is InChI=1S/C17H24N4O3/c1-11-14(23-5)7-12(8-15(11)24-6)16(22)18-9-13-10-19-17(20(2)3)21(13)4/h7-8,10H,9H2,1-6H3,(H,18,22). The molecule has 1 aromatic heterocycles. The van der Waals surface area contributed by atoms with Crippen molar-refractivity contribution in [1.82, 2.24) is 14.9 Å². The summed E-state index contributed by atoms with van der Waals surface area (Å²) in [5, 5.41) is 2.90. The minimum Gasteiger partial charge on any atom is -0.496 e. The molecule has 1 N–H and O–H groups in total. The first kappa shape index (κ1) is 17.7. The van der Waals surface area contributed by atoms with E-state index in [1.54, 1.807) is 32.5 Å². The molecule has 1 aromatic carbocycles. The number of anilines is 1. The predicted molar refractivity (Wildman–Crippen MR) is 93.0 cm³/mol. The van der Waals surface area contributed by atoms with Crippen molar-refractivity contribution in [2.75, 3.05) is 33.2 Å². The van der Waals surface area contributed by atoms with E-state index in [0.717, 1.165) is 17.2 Å². The van der Waals surface area contributed by atoms with Crippen LogP contribution in [0.25, 0.3) is 0 Å². The molecule has 1 heterocycles. The number of nitrogens with zero attached hydrogens (tertiary/aromatic N) is 3. The summed E-state index contributed by atoms with van der Waals surface area (Å²) in [5.41, 5.74) is 2.27. The first-order chi connectivity index (χ1) is 11.4. The van der Waals surface area contributed by atoms with Crippen LogP contribution in [-0.2, 0) is 13.6 Å². The lowest BCUT2D eigenvalue weighted by Gasteiger charge is -2.14. The Kier molecular flexibility index (Phi) is 5.33. The highest BCUT2D eigenvalue weighted by molar-refractivity contribution is 5.95. The number of nitrogens with one attached hydrogen (secondary N) is 1. The molecule has 24 heavy (non-hydrogen) atoms. The summed E-state index contributed by atoms with van der Waals surface area (Å²) >= 11 is 0. The number of methoxy groups -OCH3 is 2. The quantitative estimate of drug-likeness (QED) is 0.873. The van der Waals surface area contributed by atoms with Gasteiger partial charge in [0.1, 0.15) is 11.5 Å². The number of benzene rings is 1. The second-order valence-corrected chi connectivity index (χ2v) is 5.69. The van der Waals surface area contributed by atoms with Gasteiger partial charge in [0.25, 0.3) is 5.91 Å². The predicted octanol–water partition coefficient (Wildman–Crippen LogP) is 1.74. The number of hydrogen-bond donors (Lipinski definition) is 1. The maximum Gasteiger partial charge on any atom is 0.251 e. The molecule has 7 nitrogen and oxygen atoms in total. The summed E-state index contributed by atoms with van der Waals surface area (Å²) in [5.74, 6) is 1.88. The second-order valence-electron chi connectivity index (χ2n) is 5.69. The topological polar surface area (TPSA) is 68.6 Å². The molecule has 0 fully saturated rings. The lowest BCUT2D eigenvalue weighted by molar-refractivity contribution is 0.0949. The van der Waals surface area contributed by atoms with Crippen LogP contribution in [0.2, 0.25) is 0 Å². The molecular formula is C17H24N4O3. The van der Waals surface area contributed by atoms with Gasteiger partial charge in [0.15, 0.2) is 0 Å². The number of ether oxygens (including phenoxy) is 2. The van der Waals surface area contributed by atoms with Crippen molar-refractivity contribution in [2.45, 2.75) is 13.5 Å². The molecule has 0 saturated carbocycles. The molecule has 0 aliphatic heterocycles. The number of carbonyl (C=O) groups is 1. The van der Waals surface area contributed by atoms with Crippen LogP contribution in [0.1, 0.15) is 21.6 Å². The van der Waals surface area contributed by atoms with Crippen LogP contribution in [0.3, 0.4) is 0 Å². The van der Waals surface area contributed by atoms with Crippen LogP contribution in [0.15, 0.2) is 18.3 Å². The van der Waals surface area contributed by atoms with Gasteiger partial charge in [-0.2, -0.15) is 0 Å². The van der Waals surface area contributed by atoms with Crippen molar-refractivity contribution < 1.29 is 14.3 Å². The fourth-order valence-corrected chi connectivity index (χ4v) is 2.50. The van der Waals surface area contributed by atoms with E-state index in [1.165, 1.54) is 0 Å². The second kappa shape index (κ2) is 7.25. The molecule has 0 spiro atoms. The molecule has 0 unspecified atom stereocenters. The molecule has 0 aliphatic rings. The monoisotopic (exact) mass is 332 g/mol. The first-order valence-electron chi connectivity index (χ1n) is 7.57. The van der Waals surface area contributed by atoms with Crippen molar-refractivity contribution >= 4 is 11.9 Å². The molecule has 2 aromatic rings. The summed E-state index contributed by atoms with van der Waals surface area (Å²) in [4.78, 5) is 18.7. The maximum atomic E-state index is 12.5. The van der Waals surface area contributed by atoms with Gasteiger partial charge in [-0.15, -0.1) is 0 Å². The summed E-state index contributed by atoms with van der Waals surface area (Å²) in [6, 6.07) is 3.42. The molecule has 7 heteroatoms. The van der Waals surface area contributed by atoms with Crippen LogP contribution < -0.4 is 19.7 Å². The van der Waals surface area contributed by atoms with E-state index >= 15 is 0 Å². The van der Waals surface area contributed by atoms with Crippen LogP contribution in [0.5, 0.6) is 11.5 Å². The van der Waals surface area contributed by atoms with Crippen LogP contribution in [-0.4, -0.2) is 43.8 Å². The zero-order valence-electron chi connectivity index (χ0n) is 15.0. The number of aromatic nitrogens is 2. The van der Waals surface area contributed by atoms with Crippen molar-refractivity contribution in [3.8, 4) is 11.5 Å². The third-order valence-corrected chi connectivity index (χ3v) is 3.90. The van der Waals surface area contributed by atoms with Gasteiger partial charge in [-0.3, -0.25) is 4.79 Å². The van der Waals surface area contributed by atoms with Gasteiger partial charge in [-0.05, 0) is 19.1 Å². The molecule has 0 bridgehead atoms. The van der Waals surface area contributed by atoms with Gasteiger partial charge in [-0.1, -0.05) is 0 Å². The average molecular weight is 332 g/mol. The Hall–Kier alpha value is -2.70. The summed E-state index contributed by atoms with van der Waals surface area (Å²) < 4.78 is 12.6. The van der Waals surface area contributed by atoms with Crippen LogP contribution >= 0.6 is 0 Å². The molecule has 0 radical (unpaired) electrons. The molecule has 0 aliphatic carbocycles. The Labute approximate surface area is 142 Å². The molecule has 0 atom stereocenters. The van der Waals surface area contributed by atoms with Gasteiger partial charge in [0, 0.05) is 32.3 Å². The normalized spacial score (nSPS) is 10.4. The summed E-state index contributed by atoms with van der Waals surface area (Å²) in [7, 11) is 8.91. The van der Waals surface area contributed by atoms with Crippen molar-refractivity contribution in [2.24, 2.45) is 7.05 Å². The van der Waals surface area contributed by atoms with E-state index in [9.17, 15) is 4.79 Å². The van der Waals surface area contributed by atoms with Crippen molar-refractivity contribution in [3.05, 3.63) is 35.2 Å². The van der Waals surface area contributed by atoms with Crippen molar-refractivity contribution in [1.29, 1.82) is 0 Å². The first-order valence-corrected chi connectivity index (χ1v) is 7.57. The SMILES string of the molecule is COc1cc(C(=O)NCc2cnc(N(C)C)n2C)cc(OC)c1C. The number of imidazole rings is 1. The number of rotatable bonds is 6. The number of amides is 1. The fourth-order valence-electron chi connectivity index (χ4n) is 2.50. The van der Waals surface area contributed by atoms with Gasteiger partial charge < -0.3 is 24.3 Å². The Morgan fingerprint density at radius 3 is 2.29 bits per heavy atom. The van der Waals surface area contributed by atoms with E-state index in [4.69, 9.17) is 9.47 Å². The third-order valence-electron chi connectivity index (χ3n) is 3.90. The van der Waals surface area contributed by atoms with Crippen LogP contribution in [0.4, 0.5) is 5.95 Å². The highest BCUT2D eigenvalue weighted by Crippen LogP contribution is 2.29. The van der Waals surface area contributed by atoms with Gasteiger partial charge in [0.05, 0.1) is 32.7 Å². The average Bonchev–Trinajstić information content (AvgIpc) is 2.93. The number of hydrogen-bond acceptors (Lipinski definition) is 5. The van der Waals surface area contributed by atoms with E-state index in [1.807, 2.05) is 37.5 Å². The number of carbonyl (C=O) groups excluding carboxylic acids is 1. The third kappa shape index (κ3) is 3.45. The van der Waals surface area contributed by atoms with E-state index in [-0.39, 0.29) is 5.91 Å². The highest BCUT2D eigenvalue weighted by Gasteiger charge is 2.14. The van der Waals surface area contributed by atoms with Gasteiger partial charge in [-0.25, -0.2) is 4.98 Å². The molecule has 2 rings (SSSR count). The van der Waals surface area contributed by atoms with E-state index < -0.39 is 0 Å². The summed E-state index contributed by atoms with van der Waals surface area (Å²) in [6.45, 7) is 2.27. The fraction of sp³-hybridized carbons (Fsp3) is 0.412. The van der Waals surface area contributed by atoms with E-state index in [0.29, 0.717) is 23.6 Å². The lowest BCUT2D eigenvalue weighted by Crippen LogP contribution is -2.24.